The van der Waals surface area contributed by atoms with Gasteiger partial charge in [0.1, 0.15) is 42.4 Å². The van der Waals surface area contributed by atoms with E-state index in [4.69, 9.17) is 11.5 Å². The number of primary amides is 1. The average Bonchev–Trinajstić information content (AvgIpc) is 3.73. The summed E-state index contributed by atoms with van der Waals surface area (Å²) < 4.78 is 38.0. The Morgan fingerprint density at radius 1 is 0.875 bits per heavy atom. The van der Waals surface area contributed by atoms with Gasteiger partial charge in [-0.2, -0.15) is 0 Å². The van der Waals surface area contributed by atoms with E-state index in [9.17, 15) is 87.4 Å². The molecule has 3 saturated heterocycles. The van der Waals surface area contributed by atoms with Crippen LogP contribution >= 0.6 is 0 Å². The largest absolute Gasteiger partial charge is 1.00 e. The molecule has 7 amide bonds. The van der Waals surface area contributed by atoms with Gasteiger partial charge in [0, 0.05) is 32.0 Å². The zero-order valence-corrected chi connectivity index (χ0v) is 37.4. The van der Waals surface area contributed by atoms with Crippen molar-refractivity contribution in [2.75, 3.05) is 19.6 Å². The zero-order chi connectivity index (χ0) is 47.4. The molecule has 1 aromatic carbocycles. The molecule has 352 valence electrons. The number of carbonyl (C=O) groups is 7. The van der Waals surface area contributed by atoms with E-state index in [1.54, 1.807) is 0 Å². The Kier molecular flexibility index (Phi) is 18.8. The second-order valence-corrected chi connectivity index (χ2v) is 16.6. The number of fused-ring (bicyclic) bond motifs is 2. The van der Waals surface area contributed by atoms with Crippen LogP contribution in [0.5, 0.6) is 11.5 Å². The van der Waals surface area contributed by atoms with Crippen molar-refractivity contribution in [1.29, 1.82) is 0 Å². The summed E-state index contributed by atoms with van der Waals surface area (Å²) >= 11 is 0. The van der Waals surface area contributed by atoms with Crippen LogP contribution in [0.4, 0.5) is 0 Å². The van der Waals surface area contributed by atoms with E-state index in [1.165, 1.54) is 6.92 Å². The number of aliphatic hydroxyl groups excluding tert-OH is 7. The third kappa shape index (κ3) is 13.2. The predicted molar refractivity (Wildman–Crippen MR) is 205 cm³/mol. The number of rotatable bonds is 9. The van der Waals surface area contributed by atoms with E-state index in [-0.39, 0.29) is 29.6 Å². The number of amides is 7. The van der Waals surface area contributed by atoms with Gasteiger partial charge >= 0.3 is 29.6 Å². The summed E-state index contributed by atoms with van der Waals surface area (Å²) in [4.78, 5) is 96.6. The number of benzene rings is 1. The minimum absolute atomic E-state index is 0. The Hall–Kier alpha value is -4.30. The number of hydrogen-bond donors (Lipinski definition) is 14. The summed E-state index contributed by atoms with van der Waals surface area (Å²) in [5.41, 5.74) is 10.7. The topological polar surface area (TPSA) is 454 Å². The minimum atomic E-state index is -5.54. The fourth-order valence-electron chi connectivity index (χ4n) is 7.39. The molecule has 0 radical (unpaired) electrons. The standard InChI is InChI=1S/C35H52N8O19S.Na/c1-12-10-43-26(27(12)50)33(56)38-9-15(45)6-17(36)30(53)39-23(13(2)44)34(57)42-11-16(46)7-18(42)31(54)41-25(32(55)40-24(35(43)58)20(48)8-22(37)49)29(52)28(51)14-3-4-19(47)21(5-14)62-63(59,60)61;/h3-5,12-13,15-18,20,23-29,44-48,50-52H,6-11,36H2,1-2H3,(H2,37,49)(H,38,56)(H,39,53)(H,40,55)(H,41,54)(H,59,60,61);/q;+1/p-1/t12-,13+,15+,16+,17-,18?,20+,23?,24?,25?,26?,27-,28-,29-;/m0./s1. The van der Waals surface area contributed by atoms with Gasteiger partial charge in [0.05, 0.1) is 43.0 Å². The molecule has 0 aromatic heterocycles. The van der Waals surface area contributed by atoms with E-state index >= 15 is 0 Å². The first kappa shape index (κ1) is 54.0. The van der Waals surface area contributed by atoms with Gasteiger partial charge in [0.25, 0.3) is 10.4 Å². The number of aromatic hydroxyl groups is 1. The van der Waals surface area contributed by atoms with Gasteiger partial charge in [-0.1, -0.05) is 13.0 Å². The number of nitrogens with one attached hydrogen (secondary N) is 4. The number of phenols is 1. The third-order valence-corrected chi connectivity index (χ3v) is 11.1. The van der Waals surface area contributed by atoms with Crippen LogP contribution in [0.25, 0.3) is 0 Å². The van der Waals surface area contributed by atoms with E-state index < -0.39 is 193 Å². The van der Waals surface area contributed by atoms with Crippen molar-refractivity contribution >= 4 is 51.7 Å². The van der Waals surface area contributed by atoms with Crippen LogP contribution in [0.3, 0.4) is 0 Å². The first-order valence-electron chi connectivity index (χ1n) is 19.3. The molecule has 16 N–H and O–H groups in total. The van der Waals surface area contributed by atoms with Crippen LogP contribution in [0, 0.1) is 5.92 Å². The van der Waals surface area contributed by atoms with Crippen LogP contribution in [0.15, 0.2) is 18.2 Å². The third-order valence-electron chi connectivity index (χ3n) is 10.7. The molecular weight excluding hydrogens is 891 g/mol. The molecule has 3 aliphatic heterocycles. The molecule has 29 heteroatoms. The van der Waals surface area contributed by atoms with Gasteiger partial charge in [-0.3, -0.25) is 33.6 Å². The Balaban J connectivity index is 0.0000109. The van der Waals surface area contributed by atoms with Gasteiger partial charge in [-0.15, -0.1) is 0 Å². The molecule has 0 aliphatic carbocycles. The molecule has 0 spiro atoms. The predicted octanol–water partition coefficient (Wildman–Crippen LogP) is -11.9. The summed E-state index contributed by atoms with van der Waals surface area (Å²) in [7, 11) is -5.54. The van der Waals surface area contributed by atoms with Gasteiger partial charge in [0.2, 0.25) is 41.4 Å². The van der Waals surface area contributed by atoms with E-state index in [2.05, 4.69) is 20.1 Å². The monoisotopic (exact) mass is 942 g/mol. The van der Waals surface area contributed by atoms with Crippen molar-refractivity contribution in [2.24, 2.45) is 17.4 Å². The molecule has 0 bridgehead atoms. The first-order valence-corrected chi connectivity index (χ1v) is 20.6. The number of β-amino-alcohol motifs (C(OH)–C–C–N with tert-alkyl or cyclic N) is 1. The molecule has 3 heterocycles. The van der Waals surface area contributed by atoms with Crippen LogP contribution < -0.4 is 66.5 Å². The minimum Gasteiger partial charge on any atom is -0.716 e. The summed E-state index contributed by atoms with van der Waals surface area (Å²) in [6, 6.07) is -9.72. The van der Waals surface area contributed by atoms with Gasteiger partial charge in [-0.05, 0) is 31.0 Å². The van der Waals surface area contributed by atoms with Crippen molar-refractivity contribution in [3.8, 4) is 11.5 Å². The SMILES string of the molecule is C[C@@H](O)C1NC(=O)[C@@H](N)C[C@@H](O)CNC(=O)C2[C@@H](O)[C@@H](C)CN2C(=O)C([C@H](O)CC(N)=O)NC(=O)C([C@H](O)[C@@H](O)c2ccc(O)c(OS(=O)(=O)[O-])c2)NC(=O)C2C[C@@H](O)CN2C1=O.[Na+]. The normalized spacial score (nSPS) is 31.0. The maximum atomic E-state index is 14.3. The number of nitrogens with two attached hydrogens (primary N) is 2. The van der Waals surface area contributed by atoms with Gasteiger partial charge < -0.3 is 92.1 Å². The Morgan fingerprint density at radius 3 is 2.06 bits per heavy atom. The molecule has 5 unspecified atom stereocenters. The van der Waals surface area contributed by atoms with Gasteiger partial charge in [-0.25, -0.2) is 8.42 Å². The summed E-state index contributed by atoms with van der Waals surface area (Å²) in [6.45, 7) is 0.835. The van der Waals surface area contributed by atoms with Crippen LogP contribution in [-0.2, 0) is 44.0 Å². The van der Waals surface area contributed by atoms with Crippen molar-refractivity contribution in [2.45, 2.75) is 112 Å². The fraction of sp³-hybridized carbons (Fsp3) is 0.629. The molecule has 0 saturated carbocycles. The molecule has 3 fully saturated rings. The van der Waals surface area contributed by atoms with E-state index in [0.717, 1.165) is 13.0 Å². The summed E-state index contributed by atoms with van der Waals surface area (Å²) in [5, 5.41) is 95.6. The molecule has 4 rings (SSSR count). The fourth-order valence-corrected chi connectivity index (χ4v) is 7.74. The number of nitrogens with zero attached hydrogens (tertiary/aromatic N) is 2. The molecular formula is C35H51N8NaO19S. The molecule has 27 nitrogen and oxygen atoms in total. The summed E-state index contributed by atoms with van der Waals surface area (Å²) in [5.74, 6) is -11.8. The number of aliphatic hydroxyl groups is 7. The number of carbonyl (C=O) groups excluding carboxylic acids is 7. The quantitative estimate of drug-likeness (QED) is 0.0621. The Morgan fingerprint density at radius 2 is 1.47 bits per heavy atom. The first-order chi connectivity index (χ1) is 29.2. The van der Waals surface area contributed by atoms with Crippen LogP contribution in [-0.4, -0.2) is 197 Å². The van der Waals surface area contributed by atoms with Crippen LogP contribution in [0.2, 0.25) is 0 Å². The molecule has 14 atom stereocenters. The maximum absolute atomic E-state index is 14.3. The molecule has 64 heavy (non-hydrogen) atoms. The van der Waals surface area contributed by atoms with E-state index in [1.807, 2.05) is 5.32 Å². The average molecular weight is 943 g/mol. The molecule has 3 aliphatic rings. The van der Waals surface area contributed by atoms with Crippen molar-refractivity contribution in [1.82, 2.24) is 31.1 Å². The number of hydrogen-bond acceptors (Lipinski definition) is 20. The maximum Gasteiger partial charge on any atom is 1.00 e. The second kappa shape index (κ2) is 22.3. The Bertz CT molecular complexity index is 2030. The van der Waals surface area contributed by atoms with Crippen LogP contribution in [0.1, 0.15) is 44.8 Å². The zero-order valence-electron chi connectivity index (χ0n) is 34.6. The smallest absolute Gasteiger partial charge is 0.716 e. The van der Waals surface area contributed by atoms with E-state index in [0.29, 0.717) is 21.9 Å². The van der Waals surface area contributed by atoms with Crippen molar-refractivity contribution < 1.29 is 121 Å². The van der Waals surface area contributed by atoms with Crippen molar-refractivity contribution in [3.05, 3.63) is 23.8 Å². The number of phenolic OH excluding ortho intramolecular Hbond substituents is 1. The Labute approximate surface area is 386 Å². The molecule has 1 aromatic rings. The summed E-state index contributed by atoms with van der Waals surface area (Å²) in [6.07, 6.45) is -15.8. The van der Waals surface area contributed by atoms with Crippen molar-refractivity contribution in [3.63, 3.8) is 0 Å². The van der Waals surface area contributed by atoms with Gasteiger partial charge in [0.15, 0.2) is 11.5 Å². The second-order valence-electron chi connectivity index (χ2n) is 15.6.